The van der Waals surface area contributed by atoms with Gasteiger partial charge in [-0.2, -0.15) is 0 Å². The van der Waals surface area contributed by atoms with Crippen molar-refractivity contribution in [2.45, 2.75) is 26.2 Å². The minimum Gasteiger partial charge on any atom is -0.422 e. The van der Waals surface area contributed by atoms with Gasteiger partial charge in [-0.1, -0.05) is 32.0 Å². The van der Waals surface area contributed by atoms with Crippen LogP contribution < -0.4 is 5.63 Å². The molecule has 0 N–H and O–H groups in total. The van der Waals surface area contributed by atoms with Gasteiger partial charge in [0, 0.05) is 11.6 Å². The summed E-state index contributed by atoms with van der Waals surface area (Å²) in [5, 5.41) is 0.919. The molecule has 2 aromatic heterocycles. The molecule has 0 aliphatic heterocycles. The van der Waals surface area contributed by atoms with Crippen LogP contribution in [0.15, 0.2) is 57.9 Å². The highest BCUT2D eigenvalue weighted by Gasteiger charge is 2.10. The first kappa shape index (κ1) is 13.6. The molecule has 0 bridgehead atoms. The van der Waals surface area contributed by atoms with E-state index in [1.54, 1.807) is 6.20 Å². The third kappa shape index (κ3) is 2.59. The molecule has 0 spiro atoms. The van der Waals surface area contributed by atoms with E-state index in [1.165, 1.54) is 5.56 Å². The van der Waals surface area contributed by atoms with Crippen molar-refractivity contribution in [2.75, 3.05) is 0 Å². The Labute approximate surface area is 123 Å². The van der Waals surface area contributed by atoms with Crippen LogP contribution in [0.3, 0.4) is 0 Å². The second kappa shape index (κ2) is 5.52. The molecule has 0 saturated heterocycles. The summed E-state index contributed by atoms with van der Waals surface area (Å²) >= 11 is 0. The van der Waals surface area contributed by atoms with Crippen LogP contribution in [0.5, 0.6) is 0 Å². The first-order chi connectivity index (χ1) is 10.2. The zero-order valence-electron chi connectivity index (χ0n) is 12.2. The highest BCUT2D eigenvalue weighted by atomic mass is 16.4. The molecule has 3 heteroatoms. The summed E-state index contributed by atoms with van der Waals surface area (Å²) in [5.41, 5.74) is 2.62. The van der Waals surface area contributed by atoms with Gasteiger partial charge in [0.05, 0.1) is 11.3 Å². The predicted octanol–water partition coefficient (Wildman–Crippen LogP) is 4.37. The fourth-order valence-electron chi connectivity index (χ4n) is 2.37. The summed E-state index contributed by atoms with van der Waals surface area (Å²) in [7, 11) is 0. The van der Waals surface area contributed by atoms with E-state index >= 15 is 0 Å². The Morgan fingerprint density at radius 3 is 2.76 bits per heavy atom. The Balaban J connectivity index is 2.15. The quantitative estimate of drug-likeness (QED) is 0.669. The van der Waals surface area contributed by atoms with E-state index in [4.69, 9.17) is 4.42 Å². The van der Waals surface area contributed by atoms with Crippen molar-refractivity contribution in [1.29, 1.82) is 0 Å². The van der Waals surface area contributed by atoms with Crippen LogP contribution in [0.4, 0.5) is 0 Å². The molecular weight excluding hydrogens is 262 g/mol. The van der Waals surface area contributed by atoms with Crippen molar-refractivity contribution in [3.05, 3.63) is 64.6 Å². The Morgan fingerprint density at radius 1 is 1.19 bits per heavy atom. The molecule has 1 unspecified atom stereocenters. The van der Waals surface area contributed by atoms with Gasteiger partial charge >= 0.3 is 5.63 Å². The first-order valence-corrected chi connectivity index (χ1v) is 7.18. The fourth-order valence-corrected chi connectivity index (χ4v) is 2.37. The topological polar surface area (TPSA) is 43.1 Å². The fraction of sp³-hybridized carbons (Fsp3) is 0.222. The van der Waals surface area contributed by atoms with Crippen molar-refractivity contribution in [2.24, 2.45) is 0 Å². The molecule has 0 fully saturated rings. The molecule has 0 saturated carbocycles. The van der Waals surface area contributed by atoms with Crippen molar-refractivity contribution >= 4 is 11.0 Å². The number of rotatable bonds is 3. The second-order valence-corrected chi connectivity index (χ2v) is 5.27. The molecule has 0 radical (unpaired) electrons. The molecule has 3 rings (SSSR count). The summed E-state index contributed by atoms with van der Waals surface area (Å²) in [4.78, 5) is 16.4. The van der Waals surface area contributed by atoms with Gasteiger partial charge in [-0.15, -0.1) is 0 Å². The van der Waals surface area contributed by atoms with Gasteiger partial charge in [0.15, 0.2) is 0 Å². The minimum absolute atomic E-state index is 0.345. The summed E-state index contributed by atoms with van der Waals surface area (Å²) in [5.74, 6) is 0.454. The molecule has 21 heavy (non-hydrogen) atoms. The Hall–Kier alpha value is -2.42. The zero-order valence-corrected chi connectivity index (χ0v) is 12.2. The molecule has 106 valence electrons. The van der Waals surface area contributed by atoms with E-state index in [2.05, 4.69) is 24.9 Å². The third-order valence-corrected chi connectivity index (χ3v) is 3.88. The second-order valence-electron chi connectivity index (χ2n) is 5.27. The zero-order chi connectivity index (χ0) is 14.8. The molecular formula is C18H17NO2. The number of aromatic nitrogens is 1. The lowest BCUT2D eigenvalue weighted by atomic mass is 9.97. The molecule has 0 amide bonds. The van der Waals surface area contributed by atoms with Gasteiger partial charge in [0.1, 0.15) is 5.58 Å². The molecule has 0 aliphatic carbocycles. The van der Waals surface area contributed by atoms with Gasteiger partial charge in [0.25, 0.3) is 0 Å². The summed E-state index contributed by atoms with van der Waals surface area (Å²) < 4.78 is 5.49. The largest absolute Gasteiger partial charge is 0.422 e. The minimum atomic E-state index is -0.345. The molecule has 1 aromatic carbocycles. The number of hydrogen-bond acceptors (Lipinski definition) is 3. The van der Waals surface area contributed by atoms with Crippen LogP contribution in [0.2, 0.25) is 0 Å². The Bertz CT molecular complexity index is 821. The smallest absolute Gasteiger partial charge is 0.345 e. The lowest BCUT2D eigenvalue weighted by molar-refractivity contribution is 0.562. The summed E-state index contributed by atoms with van der Waals surface area (Å²) in [6.07, 6.45) is 2.73. The number of fused-ring (bicyclic) bond motifs is 1. The number of nitrogens with zero attached hydrogens (tertiary/aromatic N) is 1. The lowest BCUT2D eigenvalue weighted by Gasteiger charge is -2.09. The lowest BCUT2D eigenvalue weighted by Crippen LogP contribution is -2.04. The average molecular weight is 279 g/mol. The van der Waals surface area contributed by atoms with Crippen molar-refractivity contribution in [1.82, 2.24) is 4.98 Å². The highest BCUT2D eigenvalue weighted by Crippen LogP contribution is 2.25. The third-order valence-electron chi connectivity index (χ3n) is 3.88. The van der Waals surface area contributed by atoms with E-state index in [1.807, 2.05) is 36.4 Å². The van der Waals surface area contributed by atoms with Crippen LogP contribution in [0, 0.1) is 0 Å². The van der Waals surface area contributed by atoms with Gasteiger partial charge in [0.2, 0.25) is 0 Å². The number of pyridine rings is 1. The van der Waals surface area contributed by atoms with Crippen LogP contribution in [0.25, 0.3) is 22.2 Å². The van der Waals surface area contributed by atoms with Crippen LogP contribution in [-0.2, 0) is 0 Å². The average Bonchev–Trinajstić information content (AvgIpc) is 2.53. The van der Waals surface area contributed by atoms with Gasteiger partial charge in [-0.25, -0.2) is 4.79 Å². The monoisotopic (exact) mass is 279 g/mol. The maximum Gasteiger partial charge on any atom is 0.345 e. The summed E-state index contributed by atoms with van der Waals surface area (Å²) in [6, 6.07) is 13.4. The van der Waals surface area contributed by atoms with E-state index in [0.29, 0.717) is 22.8 Å². The Kier molecular flexibility index (Phi) is 3.57. The Morgan fingerprint density at radius 2 is 2.05 bits per heavy atom. The van der Waals surface area contributed by atoms with Crippen LogP contribution in [0.1, 0.15) is 31.7 Å². The highest BCUT2D eigenvalue weighted by molar-refractivity contribution is 5.81. The van der Waals surface area contributed by atoms with E-state index < -0.39 is 0 Å². The van der Waals surface area contributed by atoms with Crippen molar-refractivity contribution < 1.29 is 4.42 Å². The van der Waals surface area contributed by atoms with Crippen molar-refractivity contribution in [3.8, 4) is 11.3 Å². The van der Waals surface area contributed by atoms with Crippen LogP contribution in [-0.4, -0.2) is 4.98 Å². The van der Waals surface area contributed by atoms with E-state index in [0.717, 1.165) is 11.8 Å². The molecule has 3 nitrogen and oxygen atoms in total. The number of hydrogen-bond donors (Lipinski definition) is 0. The molecule has 2 heterocycles. The van der Waals surface area contributed by atoms with E-state index in [-0.39, 0.29) is 5.63 Å². The maximum atomic E-state index is 12.2. The predicted molar refractivity (Wildman–Crippen MR) is 84.4 cm³/mol. The van der Waals surface area contributed by atoms with E-state index in [9.17, 15) is 4.79 Å². The van der Waals surface area contributed by atoms with Gasteiger partial charge < -0.3 is 4.42 Å². The van der Waals surface area contributed by atoms with Crippen molar-refractivity contribution in [3.63, 3.8) is 0 Å². The normalized spacial score (nSPS) is 12.5. The maximum absolute atomic E-state index is 12.2. The molecule has 3 aromatic rings. The molecule has 1 atom stereocenters. The number of benzene rings is 1. The van der Waals surface area contributed by atoms with Gasteiger partial charge in [-0.05, 0) is 42.2 Å². The van der Waals surface area contributed by atoms with Gasteiger partial charge in [-0.3, -0.25) is 4.98 Å². The van der Waals surface area contributed by atoms with Crippen LogP contribution >= 0.6 is 0 Å². The first-order valence-electron chi connectivity index (χ1n) is 7.18. The summed E-state index contributed by atoms with van der Waals surface area (Å²) in [6.45, 7) is 4.32. The SMILES string of the molecule is CCC(C)c1ccc2cc(-c3ccccn3)c(=O)oc2c1. The molecule has 0 aliphatic rings. The standard InChI is InChI=1S/C18H17NO2/c1-3-12(2)13-7-8-14-10-15(16-6-4-5-9-19-16)18(20)21-17(14)11-13/h4-12H,3H2,1-2H3.